The predicted octanol–water partition coefficient (Wildman–Crippen LogP) is 2.96. The van der Waals surface area contributed by atoms with Gasteiger partial charge >= 0.3 is 0 Å². The Bertz CT molecular complexity index is 313. The molecule has 0 saturated carbocycles. The van der Waals surface area contributed by atoms with Gasteiger partial charge in [0.1, 0.15) is 0 Å². The van der Waals surface area contributed by atoms with Crippen LogP contribution in [0.4, 0.5) is 0 Å². The van der Waals surface area contributed by atoms with Crippen molar-refractivity contribution >= 4 is 11.6 Å². The summed E-state index contributed by atoms with van der Waals surface area (Å²) in [7, 11) is 0. The number of hydrogen-bond acceptors (Lipinski definition) is 2. The van der Waals surface area contributed by atoms with Crippen molar-refractivity contribution in [1.82, 2.24) is 0 Å². The lowest BCUT2D eigenvalue weighted by molar-refractivity contribution is 0.877. The quantitative estimate of drug-likeness (QED) is 0.618. The lowest BCUT2D eigenvalue weighted by Crippen LogP contribution is -2.09. The minimum atomic E-state index is 0.452. The average Bonchev–Trinajstić information content (AvgIpc) is 2.26. The molecule has 0 aromatic carbocycles. The third-order valence-electron chi connectivity index (χ3n) is 2.16. The summed E-state index contributed by atoms with van der Waals surface area (Å²) in [6.07, 6.45) is 2.60. The molecule has 1 aliphatic heterocycles. The number of hydrogen-bond donors (Lipinski definition) is 0. The lowest BCUT2D eigenvalue weighted by atomic mass is 9.99. The molecule has 0 aromatic rings. The second-order valence-corrected chi connectivity index (χ2v) is 3.46. The van der Waals surface area contributed by atoms with Gasteiger partial charge in [0, 0.05) is 11.6 Å². The summed E-state index contributed by atoms with van der Waals surface area (Å²) >= 11 is 0. The molecule has 0 saturated heterocycles. The van der Waals surface area contributed by atoms with E-state index in [0.717, 1.165) is 17.8 Å². The van der Waals surface area contributed by atoms with Gasteiger partial charge in [-0.1, -0.05) is 20.8 Å². The van der Waals surface area contributed by atoms with E-state index < -0.39 is 0 Å². The Morgan fingerprint density at radius 1 is 1.46 bits per heavy atom. The number of rotatable bonds is 2. The van der Waals surface area contributed by atoms with E-state index in [1.807, 2.05) is 0 Å². The summed E-state index contributed by atoms with van der Waals surface area (Å²) < 4.78 is 0. The first-order valence-electron chi connectivity index (χ1n) is 4.72. The largest absolute Gasteiger partial charge is 0.251 e. The summed E-state index contributed by atoms with van der Waals surface area (Å²) in [6.45, 7) is 8.48. The Labute approximate surface area is 79.8 Å². The molecule has 13 heavy (non-hydrogen) atoms. The third kappa shape index (κ3) is 2.16. The predicted molar refractivity (Wildman–Crippen MR) is 57.3 cm³/mol. The van der Waals surface area contributed by atoms with Crippen LogP contribution >= 0.6 is 0 Å². The topological polar surface area (TPSA) is 24.7 Å². The standard InChI is InChI=1S/C11H16N2/c1-5-10-9(4)11(8(2)3)13-7-6-12-10/h7-8H,5H2,1-4H3. The first-order valence-corrected chi connectivity index (χ1v) is 4.72. The van der Waals surface area contributed by atoms with Crippen LogP contribution in [-0.2, 0) is 0 Å². The number of nitrogens with zero attached hydrogens (tertiary/aromatic N) is 2. The maximum atomic E-state index is 4.33. The highest BCUT2D eigenvalue weighted by Crippen LogP contribution is 2.17. The molecule has 2 heteroatoms. The van der Waals surface area contributed by atoms with Crippen molar-refractivity contribution in [3.63, 3.8) is 0 Å². The molecule has 0 spiro atoms. The molecular formula is C11H16N2. The van der Waals surface area contributed by atoms with Gasteiger partial charge < -0.3 is 0 Å². The molecule has 0 aromatic heterocycles. The molecule has 2 nitrogen and oxygen atoms in total. The van der Waals surface area contributed by atoms with E-state index in [0.29, 0.717) is 5.92 Å². The molecule has 0 unspecified atom stereocenters. The van der Waals surface area contributed by atoms with Crippen molar-refractivity contribution in [3.05, 3.63) is 17.5 Å². The van der Waals surface area contributed by atoms with Gasteiger partial charge in [0.15, 0.2) is 0 Å². The maximum absolute atomic E-state index is 4.33. The van der Waals surface area contributed by atoms with Crippen LogP contribution < -0.4 is 0 Å². The van der Waals surface area contributed by atoms with Crippen LogP contribution in [0.5, 0.6) is 0 Å². The van der Waals surface area contributed by atoms with E-state index in [4.69, 9.17) is 0 Å². The highest BCUT2D eigenvalue weighted by molar-refractivity contribution is 6.02. The van der Waals surface area contributed by atoms with Crippen molar-refractivity contribution in [2.45, 2.75) is 34.1 Å². The molecule has 0 bridgehead atoms. The van der Waals surface area contributed by atoms with E-state index in [-0.39, 0.29) is 0 Å². The Balaban J connectivity index is 3.13. The minimum absolute atomic E-state index is 0.452. The van der Waals surface area contributed by atoms with E-state index in [9.17, 15) is 0 Å². The molecule has 0 amide bonds. The zero-order chi connectivity index (χ0) is 9.84. The van der Waals surface area contributed by atoms with Crippen LogP contribution in [0.25, 0.3) is 0 Å². The molecule has 1 heterocycles. The van der Waals surface area contributed by atoms with Crippen LogP contribution in [0.3, 0.4) is 0 Å². The Morgan fingerprint density at radius 3 is 2.69 bits per heavy atom. The van der Waals surface area contributed by atoms with E-state index >= 15 is 0 Å². The Kier molecular flexibility index (Phi) is 3.21. The third-order valence-corrected chi connectivity index (χ3v) is 2.16. The maximum Gasteiger partial charge on any atom is 0.0885 e. The zero-order valence-electron chi connectivity index (χ0n) is 8.76. The van der Waals surface area contributed by atoms with Crippen molar-refractivity contribution in [3.8, 4) is 0 Å². The molecule has 0 radical (unpaired) electrons. The second kappa shape index (κ2) is 4.20. The van der Waals surface area contributed by atoms with Gasteiger partial charge in [-0.3, -0.25) is 4.99 Å². The van der Waals surface area contributed by atoms with Crippen molar-refractivity contribution in [1.29, 1.82) is 0 Å². The second-order valence-electron chi connectivity index (χ2n) is 3.46. The Hall–Kier alpha value is -1.14. The minimum Gasteiger partial charge on any atom is -0.251 e. The molecule has 0 fully saturated rings. The van der Waals surface area contributed by atoms with E-state index in [1.54, 1.807) is 6.20 Å². The van der Waals surface area contributed by atoms with Gasteiger partial charge in [-0.05, 0) is 24.8 Å². The SMILES string of the molecule is CCC1=C(C)C(C(C)C)=NC=C=N1. The monoisotopic (exact) mass is 176 g/mol. The average molecular weight is 176 g/mol. The summed E-state index contributed by atoms with van der Waals surface area (Å²) in [4.78, 5) is 8.55. The van der Waals surface area contributed by atoms with E-state index in [1.165, 1.54) is 5.57 Å². The fourth-order valence-corrected chi connectivity index (χ4v) is 1.46. The van der Waals surface area contributed by atoms with Crippen LogP contribution in [-0.4, -0.2) is 11.6 Å². The fourth-order valence-electron chi connectivity index (χ4n) is 1.46. The highest BCUT2D eigenvalue weighted by Gasteiger charge is 2.11. The number of aliphatic imine (C=N–C) groups is 2. The smallest absolute Gasteiger partial charge is 0.0885 e. The van der Waals surface area contributed by atoms with Gasteiger partial charge in [-0.2, -0.15) is 0 Å². The summed E-state index contributed by atoms with van der Waals surface area (Å²) in [5.41, 5.74) is 3.44. The fraction of sp³-hybridized carbons (Fsp3) is 0.545. The number of allylic oxidation sites excluding steroid dienone is 2. The lowest BCUT2D eigenvalue weighted by Gasteiger charge is -2.10. The first-order chi connectivity index (χ1) is 6.16. The van der Waals surface area contributed by atoms with Gasteiger partial charge in [0.25, 0.3) is 0 Å². The van der Waals surface area contributed by atoms with Crippen LogP contribution in [0.2, 0.25) is 0 Å². The van der Waals surface area contributed by atoms with Crippen molar-refractivity contribution < 1.29 is 0 Å². The van der Waals surface area contributed by atoms with Crippen LogP contribution in [0.1, 0.15) is 34.1 Å². The molecule has 1 rings (SSSR count). The molecule has 0 atom stereocenters. The Morgan fingerprint density at radius 2 is 2.15 bits per heavy atom. The summed E-state index contributed by atoms with van der Waals surface area (Å²) in [6, 6.07) is 0. The van der Waals surface area contributed by atoms with Gasteiger partial charge in [0.2, 0.25) is 0 Å². The summed E-state index contributed by atoms with van der Waals surface area (Å²) in [5.74, 6) is 3.27. The van der Waals surface area contributed by atoms with Gasteiger partial charge in [0.05, 0.1) is 11.9 Å². The first kappa shape index (κ1) is 9.94. The van der Waals surface area contributed by atoms with Gasteiger partial charge in [-0.15, -0.1) is 0 Å². The molecule has 0 aliphatic carbocycles. The van der Waals surface area contributed by atoms with Crippen molar-refractivity contribution in [2.75, 3.05) is 0 Å². The summed E-state index contributed by atoms with van der Waals surface area (Å²) in [5, 5.41) is 0. The van der Waals surface area contributed by atoms with Gasteiger partial charge in [-0.25, -0.2) is 4.99 Å². The van der Waals surface area contributed by atoms with Crippen molar-refractivity contribution in [2.24, 2.45) is 15.9 Å². The molecule has 1 aliphatic rings. The highest BCUT2D eigenvalue weighted by atomic mass is 14.8. The normalized spacial score (nSPS) is 16.5. The van der Waals surface area contributed by atoms with Crippen LogP contribution in [0.15, 0.2) is 27.5 Å². The molecular weight excluding hydrogens is 160 g/mol. The van der Waals surface area contributed by atoms with E-state index in [2.05, 4.69) is 43.5 Å². The zero-order valence-corrected chi connectivity index (χ0v) is 8.76. The van der Waals surface area contributed by atoms with Crippen LogP contribution in [0, 0.1) is 5.92 Å². The molecule has 70 valence electrons. The molecule has 0 N–H and O–H groups in total.